The Kier molecular flexibility index (Phi) is 25.3. The van der Waals surface area contributed by atoms with Crippen LogP contribution in [-0.2, 0) is 125 Å². The molecule has 30 unspecified atom stereocenters. The van der Waals surface area contributed by atoms with Gasteiger partial charge in [0.1, 0.15) is 128 Å². The van der Waals surface area contributed by atoms with Gasteiger partial charge in [0.2, 0.25) is 17.7 Å². The van der Waals surface area contributed by atoms with Crippen molar-refractivity contribution in [3.05, 3.63) is 0 Å². The molecule has 0 aromatic heterocycles. The molecule has 20 N–H and O–H groups in total. The van der Waals surface area contributed by atoms with Crippen molar-refractivity contribution < 1.29 is 204 Å². The molecule has 6 heterocycles. The first-order valence-corrected chi connectivity index (χ1v) is 30.1. The number of carboxylic acid groups (broad SMARTS) is 3. The van der Waals surface area contributed by atoms with Gasteiger partial charge >= 0.3 is 49.1 Å². The number of hydrogen-bond donors (Lipinski definition) is 20. The molecule has 0 spiro atoms. The number of carbonyl (C=O) groups excluding carboxylic acids is 3. The third-order valence-corrected chi connectivity index (χ3v) is 15.4. The standard InChI is InChI=1S/C42H65N3O43S3/c1-7(46)43-13-19(52)16(49)10(4-75-89(66,67)68)78-38(13)84-29-21(54)24(57)41(87-32(29)35(61)62)83-27-15(45-9(3)48)40(80-12(18(27)51)6-77-91(72,73)74)86-30-22(55)25(58)42(88-33(30)36(63)64)82-26-14(44-8(2)47)39(79-11(17(26)50)5-76-90(69,70)71)85-28-20(53)23(56)37(65)81-31(28)34(59)60/h10-33,37-42,49-58,65H,4-6H2,1-3H3,(H,43,46)(H,44,47)(H,45,48)(H,59,60)(H,61,62)(H,63,64)(H,66,67,68)(H,69,70,71)(H,72,73,74). The molecule has 6 aliphatic rings. The number of carboxylic acids is 3. The summed E-state index contributed by atoms with van der Waals surface area (Å²) in [5, 5.41) is 159. The van der Waals surface area contributed by atoms with E-state index in [0.29, 0.717) is 0 Å². The van der Waals surface area contributed by atoms with E-state index in [9.17, 15) is 135 Å². The maximum Gasteiger partial charge on any atom is 0.397 e. The van der Waals surface area contributed by atoms with Gasteiger partial charge in [-0.25, -0.2) is 26.9 Å². The van der Waals surface area contributed by atoms with Crippen LogP contribution in [0.25, 0.3) is 0 Å². The molecule has 0 aromatic rings. The molecular formula is C42H65N3O43S3. The second kappa shape index (κ2) is 30.5. The zero-order valence-electron chi connectivity index (χ0n) is 46.4. The zero-order valence-corrected chi connectivity index (χ0v) is 48.8. The van der Waals surface area contributed by atoms with E-state index in [1.165, 1.54) is 0 Å². The average molecular weight is 1400 g/mol. The highest BCUT2D eigenvalue weighted by molar-refractivity contribution is 7.81. The highest BCUT2D eigenvalue weighted by Gasteiger charge is 2.60. The van der Waals surface area contributed by atoms with Crippen molar-refractivity contribution in [3.63, 3.8) is 0 Å². The lowest BCUT2D eigenvalue weighted by molar-refractivity contribution is -0.376. The van der Waals surface area contributed by atoms with Gasteiger partial charge in [-0.15, -0.1) is 0 Å². The van der Waals surface area contributed by atoms with E-state index in [2.05, 4.69) is 28.5 Å². The Morgan fingerprint density at radius 1 is 0.341 bits per heavy atom. The molecule has 0 aromatic carbocycles. The van der Waals surface area contributed by atoms with Crippen LogP contribution >= 0.6 is 0 Å². The number of ether oxygens (including phenoxy) is 11. The van der Waals surface area contributed by atoms with Crippen molar-refractivity contribution in [2.24, 2.45) is 0 Å². The van der Waals surface area contributed by atoms with Gasteiger partial charge in [0, 0.05) is 20.8 Å². The van der Waals surface area contributed by atoms with Gasteiger partial charge in [-0.05, 0) is 0 Å². The summed E-state index contributed by atoms with van der Waals surface area (Å²) in [6.07, 6.45) is -66.6. The molecule has 91 heavy (non-hydrogen) atoms. The SMILES string of the molecule is CC(=O)NC1C(OC2C(C(=O)O)OC(OC3C(O)C(COS(=O)(=O)O)OC(OC4C(C(=O)O)OC(OC5C(O)C(COS(=O)(=O)O)OC(OC6C(C(=O)O)OC(O)C(O)C6O)C5NC(C)=O)C(O)C4O)C3NC(C)=O)C(O)C2O)OC(COS(=O)(=O)O)C(O)C1O. The lowest BCUT2D eigenvalue weighted by Gasteiger charge is -2.50. The van der Waals surface area contributed by atoms with Gasteiger partial charge in [-0.1, -0.05) is 0 Å². The maximum absolute atomic E-state index is 13.1. The van der Waals surface area contributed by atoms with Crippen molar-refractivity contribution in [1.29, 1.82) is 0 Å². The van der Waals surface area contributed by atoms with Gasteiger partial charge in [0.25, 0.3) is 0 Å². The molecule has 3 amide bonds. The Balaban J connectivity index is 1.32. The fourth-order valence-electron chi connectivity index (χ4n) is 10.0. The molecule has 0 radical (unpaired) electrons. The number of carbonyl (C=O) groups is 6. The van der Waals surface area contributed by atoms with Gasteiger partial charge < -0.3 is 140 Å². The van der Waals surface area contributed by atoms with Gasteiger partial charge in [0.05, 0.1) is 19.8 Å². The zero-order chi connectivity index (χ0) is 68.4. The summed E-state index contributed by atoms with van der Waals surface area (Å²) in [5.41, 5.74) is 0. The van der Waals surface area contributed by atoms with E-state index < -0.39 is 271 Å². The third kappa shape index (κ3) is 18.9. The quantitative estimate of drug-likeness (QED) is 0.0377. The molecule has 30 atom stereocenters. The van der Waals surface area contributed by atoms with Crippen LogP contribution in [0.2, 0.25) is 0 Å². The fourth-order valence-corrected chi connectivity index (χ4v) is 11.0. The minimum absolute atomic E-state index is 0.755. The lowest BCUT2D eigenvalue weighted by atomic mass is 9.93. The maximum atomic E-state index is 13.1. The van der Waals surface area contributed by atoms with E-state index in [-0.39, 0.29) is 0 Å². The van der Waals surface area contributed by atoms with Crippen LogP contribution in [0.4, 0.5) is 0 Å². The molecule has 46 nitrogen and oxygen atoms in total. The van der Waals surface area contributed by atoms with Crippen LogP contribution < -0.4 is 16.0 Å². The fraction of sp³-hybridized carbons (Fsp3) is 0.857. The highest BCUT2D eigenvalue weighted by atomic mass is 32.3. The van der Waals surface area contributed by atoms with Gasteiger partial charge in [0.15, 0.2) is 56.1 Å². The second-order valence-corrected chi connectivity index (χ2v) is 23.9. The first kappa shape index (κ1) is 75.6. The molecule has 0 aliphatic carbocycles. The summed E-state index contributed by atoms with van der Waals surface area (Å²) in [7, 11) is -16.3. The third-order valence-electron chi connectivity index (χ3n) is 14.1. The number of aliphatic hydroxyl groups is 11. The molecular weight excluding hydrogens is 1330 g/mol. The van der Waals surface area contributed by atoms with E-state index in [0.717, 1.165) is 20.8 Å². The number of aliphatic carboxylic acids is 3. The summed E-state index contributed by atoms with van der Waals surface area (Å²) in [6.45, 7) is -1.84. The average Bonchev–Trinajstić information content (AvgIpc) is 0.783. The molecule has 6 aliphatic heterocycles. The minimum Gasteiger partial charge on any atom is -0.479 e. The Hall–Kier alpha value is -4.45. The Morgan fingerprint density at radius 2 is 0.615 bits per heavy atom. The Labute approximate surface area is 510 Å². The normalized spacial score (nSPS) is 42.6. The first-order valence-electron chi connectivity index (χ1n) is 26.0. The summed E-state index contributed by atoms with van der Waals surface area (Å²) in [4.78, 5) is 75.9. The van der Waals surface area contributed by atoms with Crippen LogP contribution in [0.5, 0.6) is 0 Å². The van der Waals surface area contributed by atoms with Crippen LogP contribution in [0.3, 0.4) is 0 Å². The monoisotopic (exact) mass is 1400 g/mol. The second-order valence-electron chi connectivity index (χ2n) is 20.7. The van der Waals surface area contributed by atoms with Crippen molar-refractivity contribution in [2.45, 2.75) is 205 Å². The molecule has 6 rings (SSSR count). The molecule has 49 heteroatoms. The lowest BCUT2D eigenvalue weighted by Crippen LogP contribution is -2.71. The predicted octanol–water partition coefficient (Wildman–Crippen LogP) is -13.9. The van der Waals surface area contributed by atoms with Crippen molar-refractivity contribution >= 4 is 66.8 Å². The summed E-state index contributed by atoms with van der Waals surface area (Å²) < 4.78 is 171. The van der Waals surface area contributed by atoms with Gasteiger partial charge in [-0.2, -0.15) is 25.3 Å². The number of nitrogens with one attached hydrogen (secondary N) is 3. The van der Waals surface area contributed by atoms with Crippen LogP contribution in [0.1, 0.15) is 20.8 Å². The topological polar surface area (TPSA) is 714 Å². The van der Waals surface area contributed by atoms with Crippen molar-refractivity contribution in [1.82, 2.24) is 16.0 Å². The Morgan fingerprint density at radius 3 is 0.923 bits per heavy atom. The van der Waals surface area contributed by atoms with E-state index >= 15 is 0 Å². The van der Waals surface area contributed by atoms with Crippen LogP contribution in [0, 0.1) is 0 Å². The molecule has 6 fully saturated rings. The Bertz CT molecular complexity index is 2920. The van der Waals surface area contributed by atoms with Crippen LogP contribution in [-0.4, -0.2) is 350 Å². The summed E-state index contributed by atoms with van der Waals surface area (Å²) >= 11 is 0. The molecule has 0 bridgehead atoms. The number of rotatable bonds is 25. The molecule has 524 valence electrons. The smallest absolute Gasteiger partial charge is 0.397 e. The predicted molar refractivity (Wildman–Crippen MR) is 267 cm³/mol. The molecule has 6 saturated heterocycles. The van der Waals surface area contributed by atoms with Crippen LogP contribution in [0.15, 0.2) is 0 Å². The minimum atomic E-state index is -5.53. The first-order chi connectivity index (χ1) is 42.0. The summed E-state index contributed by atoms with van der Waals surface area (Å²) in [5.74, 6) is -9.58. The molecule has 0 saturated carbocycles. The number of amides is 3. The van der Waals surface area contributed by atoms with E-state index in [4.69, 9.17) is 56.7 Å². The van der Waals surface area contributed by atoms with Gasteiger partial charge in [-0.3, -0.25) is 28.0 Å². The largest absolute Gasteiger partial charge is 0.479 e. The summed E-state index contributed by atoms with van der Waals surface area (Å²) in [6, 6.07) is -6.40. The van der Waals surface area contributed by atoms with E-state index in [1.54, 1.807) is 0 Å². The highest BCUT2D eigenvalue weighted by Crippen LogP contribution is 2.38. The number of hydrogen-bond acceptors (Lipinski definition) is 37. The van der Waals surface area contributed by atoms with Crippen molar-refractivity contribution in [3.8, 4) is 0 Å². The van der Waals surface area contributed by atoms with Crippen molar-refractivity contribution in [2.75, 3.05) is 19.8 Å². The number of aliphatic hydroxyl groups excluding tert-OH is 11. The van der Waals surface area contributed by atoms with E-state index in [1.807, 2.05) is 0 Å².